The average molecular weight is 321 g/mol. The zero-order chi connectivity index (χ0) is 17.2. The van der Waals surface area contributed by atoms with Crippen LogP contribution in [0.15, 0.2) is 18.2 Å². The molecule has 1 fully saturated rings. The van der Waals surface area contributed by atoms with Crippen LogP contribution in [0.1, 0.15) is 38.7 Å². The molecule has 1 unspecified atom stereocenters. The van der Waals surface area contributed by atoms with Gasteiger partial charge in [-0.3, -0.25) is 14.9 Å². The SMILES string of the molecule is COc1ccc(NC(=O)OC(C)(C)C)cc1C1CC(=O)OC1=O. The van der Waals surface area contributed by atoms with Gasteiger partial charge in [-0.05, 0) is 39.0 Å². The normalized spacial score (nSPS) is 17.7. The minimum absolute atomic E-state index is 0.0505. The molecule has 0 aliphatic carbocycles. The molecule has 1 aliphatic rings. The van der Waals surface area contributed by atoms with Crippen LogP contribution in [0.2, 0.25) is 0 Å². The van der Waals surface area contributed by atoms with E-state index in [9.17, 15) is 14.4 Å². The number of ether oxygens (including phenoxy) is 3. The summed E-state index contributed by atoms with van der Waals surface area (Å²) >= 11 is 0. The number of methoxy groups -OCH3 is 1. The van der Waals surface area contributed by atoms with Crippen LogP contribution >= 0.6 is 0 Å². The number of amides is 1. The first-order valence-corrected chi connectivity index (χ1v) is 7.12. The molecule has 1 N–H and O–H groups in total. The summed E-state index contributed by atoms with van der Waals surface area (Å²) in [5.41, 5.74) is 0.292. The van der Waals surface area contributed by atoms with Crippen molar-refractivity contribution >= 4 is 23.7 Å². The van der Waals surface area contributed by atoms with E-state index in [-0.39, 0.29) is 6.42 Å². The van der Waals surface area contributed by atoms with Gasteiger partial charge in [-0.2, -0.15) is 0 Å². The van der Waals surface area contributed by atoms with Crippen molar-refractivity contribution in [2.45, 2.75) is 38.7 Å². The van der Waals surface area contributed by atoms with Crippen LogP contribution in [0.3, 0.4) is 0 Å². The Morgan fingerprint density at radius 2 is 2.00 bits per heavy atom. The summed E-state index contributed by atoms with van der Waals surface area (Å²) in [5, 5.41) is 2.59. The van der Waals surface area contributed by atoms with E-state index in [4.69, 9.17) is 9.47 Å². The minimum Gasteiger partial charge on any atom is -0.496 e. The minimum atomic E-state index is -0.738. The van der Waals surface area contributed by atoms with Gasteiger partial charge in [-0.25, -0.2) is 4.79 Å². The van der Waals surface area contributed by atoms with Gasteiger partial charge < -0.3 is 14.2 Å². The summed E-state index contributed by atoms with van der Waals surface area (Å²) < 4.78 is 15.0. The predicted molar refractivity (Wildman–Crippen MR) is 81.3 cm³/mol. The molecular weight excluding hydrogens is 302 g/mol. The Balaban J connectivity index is 2.24. The molecule has 0 aromatic heterocycles. The zero-order valence-electron chi connectivity index (χ0n) is 13.5. The third kappa shape index (κ3) is 4.21. The van der Waals surface area contributed by atoms with Gasteiger partial charge in [-0.15, -0.1) is 0 Å². The van der Waals surface area contributed by atoms with Gasteiger partial charge in [0.05, 0.1) is 19.4 Å². The second-order valence-electron chi connectivity index (χ2n) is 6.13. The number of hydrogen-bond donors (Lipinski definition) is 1. The lowest BCUT2D eigenvalue weighted by Crippen LogP contribution is -2.27. The van der Waals surface area contributed by atoms with E-state index in [0.29, 0.717) is 17.0 Å². The fraction of sp³-hybridized carbons (Fsp3) is 0.438. The molecule has 1 heterocycles. The maximum absolute atomic E-state index is 11.8. The Bertz CT molecular complexity index is 646. The highest BCUT2D eigenvalue weighted by molar-refractivity contribution is 5.98. The summed E-state index contributed by atoms with van der Waals surface area (Å²) in [4.78, 5) is 34.9. The molecule has 1 saturated heterocycles. The first-order valence-electron chi connectivity index (χ1n) is 7.12. The molecule has 1 atom stereocenters. The average Bonchev–Trinajstić information content (AvgIpc) is 2.75. The number of benzene rings is 1. The smallest absolute Gasteiger partial charge is 0.412 e. The number of carbonyl (C=O) groups excluding carboxylic acids is 3. The summed E-state index contributed by atoms with van der Waals surface area (Å²) in [7, 11) is 1.46. The Morgan fingerprint density at radius 1 is 1.30 bits per heavy atom. The second kappa shape index (κ2) is 6.28. The van der Waals surface area contributed by atoms with Gasteiger partial charge >= 0.3 is 18.0 Å². The molecule has 124 valence electrons. The van der Waals surface area contributed by atoms with Crippen molar-refractivity contribution in [3.63, 3.8) is 0 Å². The molecule has 0 radical (unpaired) electrons. The summed E-state index contributed by atoms with van der Waals surface area (Å²) in [5.74, 6) is -1.50. The lowest BCUT2D eigenvalue weighted by molar-refractivity contribution is -0.152. The molecule has 0 bridgehead atoms. The van der Waals surface area contributed by atoms with E-state index in [1.165, 1.54) is 7.11 Å². The summed E-state index contributed by atoms with van der Waals surface area (Å²) in [6, 6.07) is 4.81. The van der Waals surface area contributed by atoms with Crippen LogP contribution in [-0.4, -0.2) is 30.7 Å². The van der Waals surface area contributed by atoms with Crippen molar-refractivity contribution in [1.29, 1.82) is 0 Å². The third-order valence-corrected chi connectivity index (χ3v) is 3.12. The highest BCUT2D eigenvalue weighted by atomic mass is 16.6. The Labute approximate surface area is 133 Å². The van der Waals surface area contributed by atoms with Crippen LogP contribution in [0, 0.1) is 0 Å². The van der Waals surface area contributed by atoms with E-state index in [1.54, 1.807) is 39.0 Å². The van der Waals surface area contributed by atoms with Crippen LogP contribution < -0.4 is 10.1 Å². The van der Waals surface area contributed by atoms with Crippen molar-refractivity contribution in [3.8, 4) is 5.75 Å². The number of cyclic esters (lactones) is 2. The van der Waals surface area contributed by atoms with Gasteiger partial charge in [0, 0.05) is 11.3 Å². The van der Waals surface area contributed by atoms with Crippen LogP contribution in [0.5, 0.6) is 5.75 Å². The Morgan fingerprint density at radius 3 is 2.52 bits per heavy atom. The van der Waals surface area contributed by atoms with Crippen molar-refractivity contribution in [1.82, 2.24) is 0 Å². The number of hydrogen-bond acceptors (Lipinski definition) is 6. The summed E-state index contributed by atoms with van der Waals surface area (Å²) in [6.07, 6.45) is -0.663. The maximum atomic E-state index is 11.8. The Hall–Kier alpha value is -2.57. The van der Waals surface area contributed by atoms with E-state index in [0.717, 1.165) is 0 Å². The second-order valence-corrected chi connectivity index (χ2v) is 6.13. The lowest BCUT2D eigenvalue weighted by atomic mass is 9.96. The molecular formula is C16H19NO6. The highest BCUT2D eigenvalue weighted by Gasteiger charge is 2.36. The third-order valence-electron chi connectivity index (χ3n) is 3.12. The van der Waals surface area contributed by atoms with E-state index < -0.39 is 29.6 Å². The van der Waals surface area contributed by atoms with Crippen LogP contribution in [0.4, 0.5) is 10.5 Å². The number of rotatable bonds is 3. The van der Waals surface area contributed by atoms with Gasteiger partial charge in [0.2, 0.25) is 0 Å². The standard InChI is InChI=1S/C16H19NO6/c1-16(2,3)23-15(20)17-9-5-6-12(21-4)10(7-9)11-8-13(18)22-14(11)19/h5-7,11H,8H2,1-4H3,(H,17,20). The molecule has 1 aromatic rings. The number of carbonyl (C=O) groups is 3. The van der Waals surface area contributed by atoms with Gasteiger partial charge in [0.15, 0.2) is 0 Å². The van der Waals surface area contributed by atoms with Crippen molar-refractivity contribution < 1.29 is 28.6 Å². The van der Waals surface area contributed by atoms with Crippen LogP contribution in [-0.2, 0) is 19.1 Å². The fourth-order valence-electron chi connectivity index (χ4n) is 2.22. The summed E-state index contributed by atoms with van der Waals surface area (Å²) in [6.45, 7) is 5.27. The van der Waals surface area contributed by atoms with Crippen molar-refractivity contribution in [2.24, 2.45) is 0 Å². The number of anilines is 1. The van der Waals surface area contributed by atoms with Gasteiger partial charge in [0.25, 0.3) is 0 Å². The predicted octanol–water partition coefficient (Wildman–Crippen LogP) is 2.60. The first kappa shape index (κ1) is 16.8. The molecule has 1 amide bonds. The highest BCUT2D eigenvalue weighted by Crippen LogP contribution is 2.35. The zero-order valence-corrected chi connectivity index (χ0v) is 13.5. The topological polar surface area (TPSA) is 90.9 Å². The number of nitrogens with one attached hydrogen (secondary N) is 1. The molecule has 2 rings (SSSR count). The van der Waals surface area contributed by atoms with Gasteiger partial charge in [0.1, 0.15) is 11.4 Å². The quantitative estimate of drug-likeness (QED) is 0.679. The lowest BCUT2D eigenvalue weighted by Gasteiger charge is -2.20. The first-order chi connectivity index (χ1) is 10.7. The maximum Gasteiger partial charge on any atom is 0.412 e. The molecule has 7 nitrogen and oxygen atoms in total. The molecule has 23 heavy (non-hydrogen) atoms. The van der Waals surface area contributed by atoms with Crippen LogP contribution in [0.25, 0.3) is 0 Å². The number of esters is 2. The molecule has 0 spiro atoms. The Kier molecular flexibility index (Phi) is 4.58. The molecule has 0 saturated carbocycles. The molecule has 7 heteroatoms. The fourth-order valence-corrected chi connectivity index (χ4v) is 2.22. The largest absolute Gasteiger partial charge is 0.496 e. The van der Waals surface area contributed by atoms with E-state index in [2.05, 4.69) is 10.1 Å². The van der Waals surface area contributed by atoms with E-state index >= 15 is 0 Å². The van der Waals surface area contributed by atoms with Gasteiger partial charge in [-0.1, -0.05) is 0 Å². The molecule has 1 aromatic carbocycles. The monoisotopic (exact) mass is 321 g/mol. The van der Waals surface area contributed by atoms with E-state index in [1.807, 2.05) is 0 Å². The molecule has 1 aliphatic heterocycles. The van der Waals surface area contributed by atoms with Crippen molar-refractivity contribution in [3.05, 3.63) is 23.8 Å². The van der Waals surface area contributed by atoms with Crippen molar-refractivity contribution in [2.75, 3.05) is 12.4 Å².